The highest BCUT2D eigenvalue weighted by Crippen LogP contribution is 2.33. The minimum atomic E-state index is -0.548. The number of nitrogens with zero attached hydrogens (tertiary/aromatic N) is 1. The summed E-state index contributed by atoms with van der Waals surface area (Å²) in [5.41, 5.74) is 8.28. The van der Waals surface area contributed by atoms with Crippen molar-refractivity contribution in [2.24, 2.45) is 11.7 Å². The fourth-order valence-corrected chi connectivity index (χ4v) is 4.09. The Kier molecular flexibility index (Phi) is 6.49. The maximum atomic E-state index is 14.1. The second-order valence-electron chi connectivity index (χ2n) is 7.38. The van der Waals surface area contributed by atoms with Gasteiger partial charge in [0.2, 0.25) is 11.9 Å². The summed E-state index contributed by atoms with van der Waals surface area (Å²) >= 11 is 6.12. The molecule has 1 aromatic heterocycles. The lowest BCUT2D eigenvalue weighted by Gasteiger charge is -2.28. The molecule has 154 valence electrons. The standard InChI is InChI=1S/C21H23ClFN3O3/c1-11-7-12(8-13(24)9-17-15(11)5-6-25-19(17)23)20(27)26-14-3-4-16(18(22)10-14)21(28)29-2/h3-6,10-13H,7-9,24H2,1-2H3,(H,26,27)/t11-,12?,13+/m1/s1. The number of nitrogens with one attached hydrogen (secondary N) is 1. The van der Waals surface area contributed by atoms with E-state index in [-0.39, 0.29) is 34.4 Å². The van der Waals surface area contributed by atoms with E-state index in [1.54, 1.807) is 12.1 Å². The van der Waals surface area contributed by atoms with E-state index >= 15 is 0 Å². The summed E-state index contributed by atoms with van der Waals surface area (Å²) in [4.78, 5) is 28.3. The number of ether oxygens (including phenoxy) is 1. The van der Waals surface area contributed by atoms with Crippen LogP contribution in [0.15, 0.2) is 30.5 Å². The van der Waals surface area contributed by atoms with Crippen LogP contribution in [0.2, 0.25) is 5.02 Å². The number of fused-ring (bicyclic) bond motifs is 1. The van der Waals surface area contributed by atoms with E-state index in [9.17, 15) is 14.0 Å². The number of amides is 1. The van der Waals surface area contributed by atoms with Gasteiger partial charge in [-0.1, -0.05) is 18.5 Å². The first kappa shape index (κ1) is 21.2. The van der Waals surface area contributed by atoms with Crippen molar-refractivity contribution in [1.29, 1.82) is 0 Å². The van der Waals surface area contributed by atoms with E-state index in [4.69, 9.17) is 17.3 Å². The molecular weight excluding hydrogens is 397 g/mol. The summed E-state index contributed by atoms with van der Waals surface area (Å²) in [6, 6.07) is 6.04. The summed E-state index contributed by atoms with van der Waals surface area (Å²) in [6.07, 6.45) is 2.74. The summed E-state index contributed by atoms with van der Waals surface area (Å²) in [5, 5.41) is 3.03. The fraction of sp³-hybridized carbons (Fsp3) is 0.381. The number of nitrogens with two attached hydrogens (primary N) is 1. The van der Waals surface area contributed by atoms with Crippen LogP contribution in [0, 0.1) is 11.9 Å². The van der Waals surface area contributed by atoms with Gasteiger partial charge in [0.1, 0.15) is 0 Å². The molecule has 1 heterocycles. The maximum absolute atomic E-state index is 14.1. The van der Waals surface area contributed by atoms with Gasteiger partial charge in [0, 0.05) is 29.4 Å². The number of carbonyl (C=O) groups excluding carboxylic acids is 2. The van der Waals surface area contributed by atoms with Gasteiger partial charge < -0.3 is 15.8 Å². The lowest BCUT2D eigenvalue weighted by Crippen LogP contribution is -2.35. The van der Waals surface area contributed by atoms with Gasteiger partial charge in [-0.15, -0.1) is 0 Å². The average Bonchev–Trinajstić information content (AvgIpc) is 2.67. The van der Waals surface area contributed by atoms with Crippen molar-refractivity contribution in [1.82, 2.24) is 4.98 Å². The van der Waals surface area contributed by atoms with Crippen LogP contribution < -0.4 is 11.1 Å². The van der Waals surface area contributed by atoms with E-state index in [2.05, 4.69) is 15.0 Å². The summed E-state index contributed by atoms with van der Waals surface area (Å²) < 4.78 is 18.8. The van der Waals surface area contributed by atoms with Crippen LogP contribution in [0.4, 0.5) is 10.1 Å². The van der Waals surface area contributed by atoms with Crippen LogP contribution in [-0.2, 0) is 16.0 Å². The first-order valence-corrected chi connectivity index (χ1v) is 9.75. The lowest BCUT2D eigenvalue weighted by molar-refractivity contribution is -0.120. The molecule has 0 saturated carbocycles. The van der Waals surface area contributed by atoms with Crippen molar-refractivity contribution < 1.29 is 18.7 Å². The predicted octanol–water partition coefficient (Wildman–Crippen LogP) is 3.68. The highest BCUT2D eigenvalue weighted by atomic mass is 35.5. The largest absolute Gasteiger partial charge is 0.465 e. The van der Waals surface area contributed by atoms with Gasteiger partial charge in [-0.05, 0) is 55.0 Å². The normalized spacial score (nSPS) is 21.5. The van der Waals surface area contributed by atoms with Crippen LogP contribution >= 0.6 is 11.6 Å². The molecule has 3 atom stereocenters. The monoisotopic (exact) mass is 419 g/mol. The molecule has 1 amide bonds. The van der Waals surface area contributed by atoms with Crippen molar-refractivity contribution in [3.05, 3.63) is 58.1 Å². The van der Waals surface area contributed by atoms with Gasteiger partial charge in [-0.2, -0.15) is 4.39 Å². The number of rotatable bonds is 3. The number of benzene rings is 1. The van der Waals surface area contributed by atoms with E-state index < -0.39 is 11.9 Å². The molecular formula is C21H23ClFN3O3. The van der Waals surface area contributed by atoms with Crippen molar-refractivity contribution >= 4 is 29.2 Å². The van der Waals surface area contributed by atoms with Crippen molar-refractivity contribution in [3.63, 3.8) is 0 Å². The molecule has 3 rings (SSSR count). The van der Waals surface area contributed by atoms with Gasteiger partial charge in [-0.3, -0.25) is 4.79 Å². The zero-order valence-electron chi connectivity index (χ0n) is 16.2. The summed E-state index contributed by atoms with van der Waals surface area (Å²) in [5.74, 6) is -1.59. The van der Waals surface area contributed by atoms with Gasteiger partial charge in [0.05, 0.1) is 17.7 Å². The third kappa shape index (κ3) is 4.74. The topological polar surface area (TPSA) is 94.3 Å². The molecule has 1 aromatic carbocycles. The predicted molar refractivity (Wildman–Crippen MR) is 108 cm³/mol. The molecule has 8 heteroatoms. The molecule has 0 fully saturated rings. The molecule has 0 aliphatic heterocycles. The summed E-state index contributed by atoms with van der Waals surface area (Å²) in [6.45, 7) is 1.97. The highest BCUT2D eigenvalue weighted by Gasteiger charge is 2.30. The average molecular weight is 420 g/mol. The van der Waals surface area contributed by atoms with Crippen LogP contribution in [0.1, 0.15) is 47.2 Å². The molecule has 0 radical (unpaired) electrons. The molecule has 3 N–H and O–H groups in total. The molecule has 0 saturated heterocycles. The number of carbonyl (C=O) groups is 2. The second kappa shape index (κ2) is 8.88. The number of hydrogen-bond acceptors (Lipinski definition) is 5. The van der Waals surface area contributed by atoms with Gasteiger partial charge in [0.25, 0.3) is 0 Å². The van der Waals surface area contributed by atoms with Crippen LogP contribution in [-0.4, -0.2) is 30.0 Å². The molecule has 1 aliphatic rings. The molecule has 0 bridgehead atoms. The Morgan fingerprint density at radius 2 is 2.07 bits per heavy atom. The van der Waals surface area contributed by atoms with Crippen LogP contribution in [0.3, 0.4) is 0 Å². The lowest BCUT2D eigenvalue weighted by atomic mass is 9.80. The third-order valence-electron chi connectivity index (χ3n) is 5.27. The number of esters is 1. The Morgan fingerprint density at radius 1 is 1.31 bits per heavy atom. The number of anilines is 1. The number of halogens is 2. The fourth-order valence-electron chi connectivity index (χ4n) is 3.83. The van der Waals surface area contributed by atoms with Gasteiger partial charge in [-0.25, -0.2) is 9.78 Å². The summed E-state index contributed by atoms with van der Waals surface area (Å²) in [7, 11) is 1.27. The number of pyridine rings is 1. The SMILES string of the molecule is COC(=O)c1ccc(NC(=O)C2C[C@H](N)Cc3c(ccnc3F)[C@H](C)C2)cc1Cl. The quantitative estimate of drug-likeness (QED) is 0.584. The van der Waals surface area contributed by atoms with E-state index in [0.29, 0.717) is 30.5 Å². The van der Waals surface area contributed by atoms with Crippen molar-refractivity contribution in [3.8, 4) is 0 Å². The minimum Gasteiger partial charge on any atom is -0.465 e. The molecule has 0 spiro atoms. The van der Waals surface area contributed by atoms with E-state index in [1.165, 1.54) is 25.4 Å². The van der Waals surface area contributed by atoms with E-state index in [1.807, 2.05) is 6.92 Å². The Labute approximate surface area is 173 Å². The molecule has 1 aliphatic carbocycles. The van der Waals surface area contributed by atoms with E-state index in [0.717, 1.165) is 5.56 Å². The van der Waals surface area contributed by atoms with Crippen LogP contribution in [0.25, 0.3) is 0 Å². The smallest absolute Gasteiger partial charge is 0.339 e. The molecule has 29 heavy (non-hydrogen) atoms. The Hall–Kier alpha value is -2.51. The minimum absolute atomic E-state index is 0.0176. The zero-order valence-corrected chi connectivity index (χ0v) is 17.0. The van der Waals surface area contributed by atoms with Crippen molar-refractivity contribution in [2.45, 2.75) is 38.1 Å². The maximum Gasteiger partial charge on any atom is 0.339 e. The number of hydrogen-bond donors (Lipinski definition) is 2. The molecule has 2 aromatic rings. The Bertz CT molecular complexity index is 937. The van der Waals surface area contributed by atoms with Gasteiger partial charge >= 0.3 is 5.97 Å². The molecule has 1 unspecified atom stereocenters. The Morgan fingerprint density at radius 3 is 2.76 bits per heavy atom. The van der Waals surface area contributed by atoms with Crippen LogP contribution in [0.5, 0.6) is 0 Å². The van der Waals surface area contributed by atoms with Crippen molar-refractivity contribution in [2.75, 3.05) is 12.4 Å². The zero-order chi connectivity index (χ0) is 21.1. The first-order valence-electron chi connectivity index (χ1n) is 9.37. The number of methoxy groups -OCH3 is 1. The first-order chi connectivity index (χ1) is 13.8. The molecule has 6 nitrogen and oxygen atoms in total. The highest BCUT2D eigenvalue weighted by molar-refractivity contribution is 6.34. The number of aromatic nitrogens is 1. The Balaban J connectivity index is 1.77. The second-order valence-corrected chi connectivity index (χ2v) is 7.79. The third-order valence-corrected chi connectivity index (χ3v) is 5.59. The van der Waals surface area contributed by atoms with Gasteiger partial charge in [0.15, 0.2) is 0 Å².